The van der Waals surface area contributed by atoms with Crippen molar-refractivity contribution >= 4 is 5.97 Å². The van der Waals surface area contributed by atoms with E-state index in [-0.39, 0.29) is 18.8 Å². The van der Waals surface area contributed by atoms with Crippen molar-refractivity contribution in [3.63, 3.8) is 0 Å². The zero-order chi connectivity index (χ0) is 13.7. The highest BCUT2D eigenvalue weighted by atomic mass is 19.1. The maximum atomic E-state index is 13.6. The molecule has 0 fully saturated rings. The Balaban J connectivity index is 3.08. The quantitative estimate of drug-likeness (QED) is 0.848. The first kappa shape index (κ1) is 14.4. The van der Waals surface area contributed by atoms with Crippen molar-refractivity contribution in [2.75, 3.05) is 14.2 Å². The number of methoxy groups -OCH3 is 2. The van der Waals surface area contributed by atoms with E-state index in [4.69, 9.17) is 14.6 Å². The maximum Gasteiger partial charge on any atom is 0.306 e. The van der Waals surface area contributed by atoms with Crippen molar-refractivity contribution in [2.45, 2.75) is 20.0 Å². The van der Waals surface area contributed by atoms with Crippen LogP contribution in [0.1, 0.15) is 18.1 Å². The monoisotopic (exact) mass is 256 g/mol. The number of rotatable bonds is 6. The maximum absolute atomic E-state index is 13.6. The van der Waals surface area contributed by atoms with Gasteiger partial charge in [-0.2, -0.15) is 0 Å². The third-order valence-electron chi connectivity index (χ3n) is 2.72. The first-order chi connectivity index (χ1) is 8.49. The van der Waals surface area contributed by atoms with Crippen molar-refractivity contribution in [2.24, 2.45) is 5.92 Å². The molecule has 0 aromatic heterocycles. The van der Waals surface area contributed by atoms with E-state index in [9.17, 15) is 9.18 Å². The van der Waals surface area contributed by atoms with Crippen LogP contribution in [-0.4, -0.2) is 25.3 Å². The number of ether oxygens (including phenoxy) is 2. The topological polar surface area (TPSA) is 55.8 Å². The number of halogens is 1. The van der Waals surface area contributed by atoms with Gasteiger partial charge in [-0.25, -0.2) is 4.39 Å². The molecule has 0 heterocycles. The lowest BCUT2D eigenvalue weighted by Crippen LogP contribution is -2.14. The third kappa shape index (κ3) is 3.43. The molecule has 0 saturated carbocycles. The zero-order valence-electron chi connectivity index (χ0n) is 10.7. The van der Waals surface area contributed by atoms with E-state index in [0.717, 1.165) is 5.56 Å². The first-order valence-corrected chi connectivity index (χ1v) is 5.56. The highest BCUT2D eigenvalue weighted by Gasteiger charge is 2.16. The van der Waals surface area contributed by atoms with Gasteiger partial charge in [0.25, 0.3) is 0 Å². The number of carboxylic acids is 1. The van der Waals surface area contributed by atoms with Gasteiger partial charge in [-0.15, -0.1) is 0 Å². The summed E-state index contributed by atoms with van der Waals surface area (Å²) in [4.78, 5) is 10.8. The number of hydrogen-bond donors (Lipinski definition) is 1. The van der Waals surface area contributed by atoms with Crippen LogP contribution >= 0.6 is 0 Å². The lowest BCUT2D eigenvalue weighted by atomic mass is 9.96. The fraction of sp³-hybridized carbons (Fsp3) is 0.462. The summed E-state index contributed by atoms with van der Waals surface area (Å²) in [6.07, 6.45) is 0.259. The van der Waals surface area contributed by atoms with Crippen LogP contribution in [0.5, 0.6) is 5.75 Å². The number of hydrogen-bond acceptors (Lipinski definition) is 3. The van der Waals surface area contributed by atoms with Crippen LogP contribution in [-0.2, 0) is 22.6 Å². The molecule has 0 aliphatic rings. The van der Waals surface area contributed by atoms with Crippen LogP contribution in [0.2, 0.25) is 0 Å². The standard InChI is InChI=1S/C13H17FO4/c1-8(13(15)16)4-9-5-11(14)12(18-3)6-10(9)7-17-2/h5-6,8H,4,7H2,1-3H3,(H,15,16). The highest BCUT2D eigenvalue weighted by molar-refractivity contribution is 5.70. The van der Waals surface area contributed by atoms with Crippen LogP contribution in [0.25, 0.3) is 0 Å². The number of carboxylic acid groups (broad SMARTS) is 1. The summed E-state index contributed by atoms with van der Waals surface area (Å²) in [5.74, 6) is -1.85. The summed E-state index contributed by atoms with van der Waals surface area (Å²) in [5, 5.41) is 8.88. The van der Waals surface area contributed by atoms with Crippen LogP contribution < -0.4 is 4.74 Å². The molecule has 1 atom stereocenters. The second-order valence-electron chi connectivity index (χ2n) is 4.13. The van der Waals surface area contributed by atoms with Crippen molar-refractivity contribution in [3.05, 3.63) is 29.1 Å². The molecular formula is C13H17FO4. The molecule has 100 valence electrons. The van der Waals surface area contributed by atoms with E-state index in [0.29, 0.717) is 5.56 Å². The Morgan fingerprint density at radius 1 is 1.39 bits per heavy atom. The molecule has 1 aromatic carbocycles. The first-order valence-electron chi connectivity index (χ1n) is 5.56. The molecule has 1 aromatic rings. The predicted molar refractivity (Wildman–Crippen MR) is 64.2 cm³/mol. The van der Waals surface area contributed by atoms with Crippen molar-refractivity contribution in [3.8, 4) is 5.75 Å². The van der Waals surface area contributed by atoms with E-state index in [1.807, 2.05) is 0 Å². The molecule has 1 rings (SSSR count). The second kappa shape index (κ2) is 6.35. The van der Waals surface area contributed by atoms with Crippen LogP contribution in [0, 0.1) is 11.7 Å². The second-order valence-corrected chi connectivity index (χ2v) is 4.13. The predicted octanol–water partition coefficient (Wildman–Crippen LogP) is 2.24. The van der Waals surface area contributed by atoms with Gasteiger partial charge in [0.05, 0.1) is 19.6 Å². The number of carbonyl (C=O) groups is 1. The summed E-state index contributed by atoms with van der Waals surface area (Å²) in [6, 6.07) is 2.86. The van der Waals surface area contributed by atoms with Crippen molar-refractivity contribution < 1.29 is 23.8 Å². The molecule has 4 nitrogen and oxygen atoms in total. The van der Waals surface area contributed by atoms with Gasteiger partial charge in [-0.3, -0.25) is 4.79 Å². The van der Waals surface area contributed by atoms with E-state index >= 15 is 0 Å². The molecule has 18 heavy (non-hydrogen) atoms. The lowest BCUT2D eigenvalue weighted by Gasteiger charge is -2.13. The molecule has 0 aliphatic heterocycles. The Hall–Kier alpha value is -1.62. The minimum Gasteiger partial charge on any atom is -0.494 e. The normalized spacial score (nSPS) is 12.2. The SMILES string of the molecule is COCc1cc(OC)c(F)cc1CC(C)C(=O)O. The van der Waals surface area contributed by atoms with Gasteiger partial charge in [-0.05, 0) is 29.7 Å². The summed E-state index contributed by atoms with van der Waals surface area (Å²) >= 11 is 0. The molecule has 0 bridgehead atoms. The highest BCUT2D eigenvalue weighted by Crippen LogP contribution is 2.25. The smallest absolute Gasteiger partial charge is 0.306 e. The largest absolute Gasteiger partial charge is 0.494 e. The molecular weight excluding hydrogens is 239 g/mol. The molecule has 0 aliphatic carbocycles. The molecule has 0 amide bonds. The van der Waals surface area contributed by atoms with Gasteiger partial charge in [0.1, 0.15) is 0 Å². The minimum absolute atomic E-state index is 0.133. The molecule has 5 heteroatoms. The fourth-order valence-corrected chi connectivity index (χ4v) is 1.69. The summed E-state index contributed by atoms with van der Waals surface area (Å²) in [6.45, 7) is 1.87. The van der Waals surface area contributed by atoms with E-state index in [1.54, 1.807) is 13.0 Å². The summed E-state index contributed by atoms with van der Waals surface area (Å²) in [7, 11) is 2.91. The molecule has 1 unspecified atom stereocenters. The van der Waals surface area contributed by atoms with Gasteiger partial charge in [0, 0.05) is 7.11 Å². The molecule has 0 radical (unpaired) electrons. The van der Waals surface area contributed by atoms with Gasteiger partial charge >= 0.3 is 5.97 Å². The average molecular weight is 256 g/mol. The molecule has 1 N–H and O–H groups in total. The summed E-state index contributed by atoms with van der Waals surface area (Å²) < 4.78 is 23.5. The van der Waals surface area contributed by atoms with Gasteiger partial charge in [0.15, 0.2) is 11.6 Å². The fourth-order valence-electron chi connectivity index (χ4n) is 1.69. The van der Waals surface area contributed by atoms with Gasteiger partial charge in [-0.1, -0.05) is 6.92 Å². The van der Waals surface area contributed by atoms with Crippen LogP contribution in [0.15, 0.2) is 12.1 Å². The van der Waals surface area contributed by atoms with E-state index in [2.05, 4.69) is 0 Å². The Morgan fingerprint density at radius 2 is 2.06 bits per heavy atom. The Morgan fingerprint density at radius 3 is 2.56 bits per heavy atom. The van der Waals surface area contributed by atoms with E-state index in [1.165, 1.54) is 20.3 Å². The average Bonchev–Trinajstić information content (AvgIpc) is 2.32. The number of aliphatic carboxylic acids is 1. The van der Waals surface area contributed by atoms with Crippen molar-refractivity contribution in [1.29, 1.82) is 0 Å². The van der Waals surface area contributed by atoms with Crippen LogP contribution in [0.3, 0.4) is 0 Å². The molecule has 0 saturated heterocycles. The third-order valence-corrected chi connectivity index (χ3v) is 2.72. The zero-order valence-corrected chi connectivity index (χ0v) is 10.7. The summed E-state index contributed by atoms with van der Waals surface area (Å²) in [5.41, 5.74) is 1.37. The minimum atomic E-state index is -0.908. The molecule has 0 spiro atoms. The number of benzene rings is 1. The van der Waals surface area contributed by atoms with Crippen LogP contribution in [0.4, 0.5) is 4.39 Å². The Kier molecular flexibility index (Phi) is 5.09. The lowest BCUT2D eigenvalue weighted by molar-refractivity contribution is -0.141. The van der Waals surface area contributed by atoms with Gasteiger partial charge < -0.3 is 14.6 Å². The Bertz CT molecular complexity index is 431. The van der Waals surface area contributed by atoms with Gasteiger partial charge in [0.2, 0.25) is 0 Å². The Labute approximate surface area is 105 Å². The van der Waals surface area contributed by atoms with E-state index < -0.39 is 17.7 Å². The van der Waals surface area contributed by atoms with Crippen molar-refractivity contribution in [1.82, 2.24) is 0 Å².